The van der Waals surface area contributed by atoms with Crippen LogP contribution in [-0.4, -0.2) is 31.4 Å². The molecule has 88 valence electrons. The van der Waals surface area contributed by atoms with Crippen LogP contribution in [0, 0.1) is 5.82 Å². The van der Waals surface area contributed by atoms with Crippen LogP contribution in [-0.2, 0) is 4.74 Å². The quantitative estimate of drug-likeness (QED) is 0.584. The molecule has 0 fully saturated rings. The number of carbonyl (C=O) groups is 1. The highest BCUT2D eigenvalue weighted by molar-refractivity contribution is 5.94. The Morgan fingerprint density at radius 1 is 1.50 bits per heavy atom. The molecule has 0 radical (unpaired) electrons. The molecule has 0 aromatic heterocycles. The molecule has 0 aliphatic rings. The molecular formula is C10H12FNO4. The number of benzene rings is 1. The molecule has 1 rings (SSSR count). The summed E-state index contributed by atoms with van der Waals surface area (Å²) < 4.78 is 23.0. The van der Waals surface area contributed by atoms with Gasteiger partial charge in [-0.25, -0.2) is 9.18 Å². The summed E-state index contributed by atoms with van der Waals surface area (Å²) in [6, 6.07) is 1.98. The number of methoxy groups -OCH3 is 1. The van der Waals surface area contributed by atoms with Crippen LogP contribution in [0.15, 0.2) is 12.1 Å². The molecule has 0 saturated heterocycles. The summed E-state index contributed by atoms with van der Waals surface area (Å²) in [5.74, 6) is -2.07. The Labute approximate surface area is 91.6 Å². The number of nitrogen functional groups attached to an aromatic ring is 1. The van der Waals surface area contributed by atoms with E-state index in [1.807, 2.05) is 0 Å². The van der Waals surface area contributed by atoms with E-state index < -0.39 is 11.8 Å². The third-order valence-corrected chi connectivity index (χ3v) is 1.88. The number of hydrogen-bond acceptors (Lipinski definition) is 4. The average molecular weight is 229 g/mol. The fraction of sp³-hybridized carbons (Fsp3) is 0.300. The predicted molar refractivity (Wildman–Crippen MR) is 55.1 cm³/mol. The second-order valence-corrected chi connectivity index (χ2v) is 3.02. The van der Waals surface area contributed by atoms with Gasteiger partial charge >= 0.3 is 5.97 Å². The molecule has 0 aliphatic heterocycles. The Morgan fingerprint density at radius 2 is 2.19 bits per heavy atom. The molecule has 0 unspecified atom stereocenters. The van der Waals surface area contributed by atoms with Crippen molar-refractivity contribution >= 4 is 11.7 Å². The first-order valence-electron chi connectivity index (χ1n) is 4.50. The van der Waals surface area contributed by atoms with Crippen LogP contribution >= 0.6 is 0 Å². The van der Waals surface area contributed by atoms with Crippen molar-refractivity contribution in [3.8, 4) is 5.75 Å². The predicted octanol–water partition coefficient (Wildman–Crippen LogP) is 1.13. The molecule has 1 aromatic rings. The Balaban J connectivity index is 2.91. The highest BCUT2D eigenvalue weighted by Crippen LogP contribution is 2.24. The van der Waals surface area contributed by atoms with Crippen molar-refractivity contribution in [3.05, 3.63) is 23.5 Å². The van der Waals surface area contributed by atoms with Crippen LogP contribution in [0.4, 0.5) is 10.1 Å². The summed E-state index contributed by atoms with van der Waals surface area (Å²) in [4.78, 5) is 10.7. The lowest BCUT2D eigenvalue weighted by Gasteiger charge is -2.09. The van der Waals surface area contributed by atoms with E-state index in [9.17, 15) is 9.18 Å². The van der Waals surface area contributed by atoms with E-state index in [4.69, 9.17) is 20.3 Å². The second kappa shape index (κ2) is 5.32. The first-order valence-corrected chi connectivity index (χ1v) is 4.50. The van der Waals surface area contributed by atoms with E-state index in [2.05, 4.69) is 0 Å². The van der Waals surface area contributed by atoms with Crippen LogP contribution in [0.5, 0.6) is 5.75 Å². The lowest BCUT2D eigenvalue weighted by molar-refractivity contribution is 0.0697. The molecule has 0 aliphatic carbocycles. The van der Waals surface area contributed by atoms with Crippen molar-refractivity contribution in [2.75, 3.05) is 26.1 Å². The summed E-state index contributed by atoms with van der Waals surface area (Å²) >= 11 is 0. The van der Waals surface area contributed by atoms with Crippen molar-refractivity contribution in [2.24, 2.45) is 0 Å². The molecule has 16 heavy (non-hydrogen) atoms. The third-order valence-electron chi connectivity index (χ3n) is 1.88. The molecule has 6 heteroatoms. The van der Waals surface area contributed by atoms with Gasteiger partial charge in [0, 0.05) is 18.9 Å². The van der Waals surface area contributed by atoms with Crippen molar-refractivity contribution in [3.63, 3.8) is 0 Å². The lowest BCUT2D eigenvalue weighted by atomic mass is 10.1. The van der Waals surface area contributed by atoms with E-state index in [-0.39, 0.29) is 30.2 Å². The first kappa shape index (κ1) is 12.3. The number of anilines is 1. The monoisotopic (exact) mass is 229 g/mol. The standard InChI is InChI=1S/C10H12FNO4/c1-15-2-3-16-9-4-6(10(13)14)8(12)5-7(9)11/h4-5H,2-3,12H2,1H3,(H,13,14). The van der Waals surface area contributed by atoms with Crippen LogP contribution in [0.1, 0.15) is 10.4 Å². The summed E-state index contributed by atoms with van der Waals surface area (Å²) in [6.07, 6.45) is 0. The second-order valence-electron chi connectivity index (χ2n) is 3.02. The van der Waals surface area contributed by atoms with Gasteiger partial charge in [0.25, 0.3) is 0 Å². The van der Waals surface area contributed by atoms with Gasteiger partial charge in [-0.2, -0.15) is 0 Å². The average Bonchev–Trinajstić information content (AvgIpc) is 2.21. The normalized spacial score (nSPS) is 10.1. The van der Waals surface area contributed by atoms with Gasteiger partial charge in [-0.15, -0.1) is 0 Å². The minimum Gasteiger partial charge on any atom is -0.488 e. The Kier molecular flexibility index (Phi) is 4.07. The van der Waals surface area contributed by atoms with Gasteiger partial charge in [-0.05, 0) is 6.07 Å². The topological polar surface area (TPSA) is 81.8 Å². The smallest absolute Gasteiger partial charge is 0.337 e. The fourth-order valence-electron chi connectivity index (χ4n) is 1.10. The molecule has 3 N–H and O–H groups in total. The molecular weight excluding hydrogens is 217 g/mol. The van der Waals surface area contributed by atoms with Crippen LogP contribution < -0.4 is 10.5 Å². The minimum absolute atomic E-state index is 0.135. The van der Waals surface area contributed by atoms with E-state index in [0.717, 1.165) is 12.1 Å². The molecule has 1 aromatic carbocycles. The fourth-order valence-corrected chi connectivity index (χ4v) is 1.10. The van der Waals surface area contributed by atoms with Gasteiger partial charge in [0.15, 0.2) is 11.6 Å². The first-order chi connectivity index (χ1) is 7.56. The van der Waals surface area contributed by atoms with Gasteiger partial charge < -0.3 is 20.3 Å². The van der Waals surface area contributed by atoms with Crippen molar-refractivity contribution in [2.45, 2.75) is 0 Å². The molecule has 0 amide bonds. The number of aromatic carboxylic acids is 1. The maximum Gasteiger partial charge on any atom is 0.337 e. The Morgan fingerprint density at radius 3 is 2.75 bits per heavy atom. The number of carboxylic acids is 1. The van der Waals surface area contributed by atoms with Gasteiger partial charge in [-0.3, -0.25) is 0 Å². The number of nitrogens with two attached hydrogens (primary N) is 1. The summed E-state index contributed by atoms with van der Waals surface area (Å²) in [5.41, 5.74) is 5.02. The van der Waals surface area contributed by atoms with Crippen molar-refractivity contribution < 1.29 is 23.8 Å². The molecule has 5 nitrogen and oxygen atoms in total. The van der Waals surface area contributed by atoms with Gasteiger partial charge in [0.2, 0.25) is 0 Å². The molecule has 0 bridgehead atoms. The van der Waals surface area contributed by atoms with Crippen molar-refractivity contribution in [1.82, 2.24) is 0 Å². The maximum absolute atomic E-state index is 13.3. The summed E-state index contributed by atoms with van der Waals surface area (Å²) in [6.45, 7) is 0.419. The number of carboxylic acid groups (broad SMARTS) is 1. The summed E-state index contributed by atoms with van der Waals surface area (Å²) in [5, 5.41) is 8.77. The number of ether oxygens (including phenoxy) is 2. The minimum atomic E-state index is -1.23. The molecule has 0 saturated carbocycles. The zero-order valence-electron chi connectivity index (χ0n) is 8.70. The van der Waals surface area contributed by atoms with Gasteiger partial charge in [-0.1, -0.05) is 0 Å². The Bertz CT molecular complexity index is 395. The highest BCUT2D eigenvalue weighted by atomic mass is 19.1. The molecule has 0 heterocycles. The van der Waals surface area contributed by atoms with E-state index in [1.54, 1.807) is 0 Å². The SMILES string of the molecule is COCCOc1cc(C(=O)O)c(N)cc1F. The van der Waals surface area contributed by atoms with Crippen molar-refractivity contribution in [1.29, 1.82) is 0 Å². The lowest BCUT2D eigenvalue weighted by Crippen LogP contribution is -2.08. The van der Waals surface area contributed by atoms with Crippen LogP contribution in [0.2, 0.25) is 0 Å². The number of rotatable bonds is 5. The molecule has 0 atom stereocenters. The van der Waals surface area contributed by atoms with Crippen LogP contribution in [0.25, 0.3) is 0 Å². The largest absolute Gasteiger partial charge is 0.488 e. The maximum atomic E-state index is 13.3. The van der Waals surface area contributed by atoms with E-state index in [1.165, 1.54) is 7.11 Å². The Hall–Kier alpha value is -1.82. The number of hydrogen-bond donors (Lipinski definition) is 2. The van der Waals surface area contributed by atoms with Crippen LogP contribution in [0.3, 0.4) is 0 Å². The van der Waals surface area contributed by atoms with Gasteiger partial charge in [0.1, 0.15) is 6.61 Å². The number of halogens is 1. The summed E-state index contributed by atoms with van der Waals surface area (Å²) in [7, 11) is 1.48. The molecule has 0 spiro atoms. The highest BCUT2D eigenvalue weighted by Gasteiger charge is 2.13. The third kappa shape index (κ3) is 2.83. The zero-order valence-corrected chi connectivity index (χ0v) is 8.70. The zero-order chi connectivity index (χ0) is 12.1. The van der Waals surface area contributed by atoms with E-state index >= 15 is 0 Å². The van der Waals surface area contributed by atoms with E-state index in [0.29, 0.717) is 0 Å². The van der Waals surface area contributed by atoms with Gasteiger partial charge in [0.05, 0.1) is 12.2 Å².